The number of thioether (sulfide) groups is 2. The Morgan fingerprint density at radius 2 is 1.70 bits per heavy atom. The molecule has 0 radical (unpaired) electrons. The smallest absolute Gasteiger partial charge is 0.255 e. The minimum Gasteiger partial charge on any atom is -0.322 e. The van der Waals surface area contributed by atoms with E-state index in [9.17, 15) is 4.79 Å². The number of amides is 1. The summed E-state index contributed by atoms with van der Waals surface area (Å²) in [7, 11) is 0. The molecule has 0 aromatic heterocycles. The Kier molecular flexibility index (Phi) is 5.34. The van der Waals surface area contributed by atoms with Gasteiger partial charge in [0.2, 0.25) is 0 Å². The Morgan fingerprint density at radius 1 is 1.04 bits per heavy atom. The lowest BCUT2D eigenvalue weighted by Crippen LogP contribution is -2.13. The summed E-state index contributed by atoms with van der Waals surface area (Å²) < 4.78 is 0.522. The first-order chi connectivity index (χ1) is 11.1. The molecule has 1 aliphatic rings. The van der Waals surface area contributed by atoms with Gasteiger partial charge in [-0.15, -0.1) is 23.5 Å². The lowest BCUT2D eigenvalue weighted by Gasteiger charge is -2.14. The number of rotatable bonds is 4. The van der Waals surface area contributed by atoms with Crippen LogP contribution in [0.4, 0.5) is 5.69 Å². The van der Waals surface area contributed by atoms with Gasteiger partial charge in [0.15, 0.2) is 0 Å². The third-order valence-electron chi connectivity index (χ3n) is 3.90. The summed E-state index contributed by atoms with van der Waals surface area (Å²) in [5.74, 6) is 2.76. The summed E-state index contributed by atoms with van der Waals surface area (Å²) in [6, 6.07) is 16.0. The average molecular weight is 344 g/mol. The molecule has 0 unspecified atom stereocenters. The van der Waals surface area contributed by atoms with E-state index in [1.807, 2.05) is 53.9 Å². The van der Waals surface area contributed by atoms with Gasteiger partial charge in [-0.2, -0.15) is 0 Å². The molecule has 0 atom stereocenters. The third-order valence-corrected chi connectivity index (χ3v) is 7.00. The standard InChI is InChI=1S/C19H21NOS2/c1-13(2)16-5-3-4-6-17(16)20-18(21)14-7-9-15(10-8-14)19-22-11-12-23-19/h3-10,13,19H,11-12H2,1-2H3,(H,20,21). The van der Waals surface area contributed by atoms with Gasteiger partial charge < -0.3 is 5.32 Å². The second kappa shape index (κ2) is 7.45. The molecule has 0 bridgehead atoms. The maximum atomic E-state index is 12.5. The van der Waals surface area contributed by atoms with E-state index in [1.54, 1.807) is 0 Å². The van der Waals surface area contributed by atoms with Gasteiger partial charge in [-0.05, 0) is 35.2 Å². The molecule has 1 saturated heterocycles. The zero-order chi connectivity index (χ0) is 16.2. The van der Waals surface area contributed by atoms with Crippen molar-refractivity contribution >= 4 is 35.1 Å². The SMILES string of the molecule is CC(C)c1ccccc1NC(=O)c1ccc(C2SCCS2)cc1. The fraction of sp³-hybridized carbons (Fsp3) is 0.316. The highest BCUT2D eigenvalue weighted by Gasteiger charge is 2.18. The molecule has 0 aliphatic carbocycles. The number of anilines is 1. The molecule has 1 heterocycles. The lowest BCUT2D eigenvalue weighted by molar-refractivity contribution is 0.102. The van der Waals surface area contributed by atoms with Gasteiger partial charge in [0, 0.05) is 22.8 Å². The number of benzene rings is 2. The maximum Gasteiger partial charge on any atom is 0.255 e. The van der Waals surface area contributed by atoms with Crippen molar-refractivity contribution in [3.8, 4) is 0 Å². The van der Waals surface area contributed by atoms with Crippen LogP contribution in [0.1, 0.15) is 45.8 Å². The predicted octanol–water partition coefficient (Wildman–Crippen LogP) is 5.54. The summed E-state index contributed by atoms with van der Waals surface area (Å²) in [5.41, 5.74) is 4.08. The van der Waals surface area contributed by atoms with Crippen LogP contribution in [0.25, 0.3) is 0 Å². The van der Waals surface area contributed by atoms with Crippen LogP contribution in [0.5, 0.6) is 0 Å². The molecular weight excluding hydrogens is 322 g/mol. The summed E-state index contributed by atoms with van der Waals surface area (Å²) >= 11 is 3.96. The first-order valence-corrected chi connectivity index (χ1v) is 9.98. The monoisotopic (exact) mass is 343 g/mol. The Bertz CT molecular complexity index is 676. The second-order valence-corrected chi connectivity index (χ2v) is 8.62. The van der Waals surface area contributed by atoms with Crippen LogP contribution in [0.2, 0.25) is 0 Å². The lowest BCUT2D eigenvalue weighted by atomic mass is 10.0. The molecule has 1 aliphatic heterocycles. The van der Waals surface area contributed by atoms with E-state index in [2.05, 4.69) is 37.4 Å². The van der Waals surface area contributed by atoms with Crippen LogP contribution >= 0.6 is 23.5 Å². The van der Waals surface area contributed by atoms with Crippen molar-refractivity contribution in [3.05, 3.63) is 65.2 Å². The molecule has 1 fully saturated rings. The second-order valence-electron chi connectivity index (χ2n) is 5.89. The number of carbonyl (C=O) groups excluding carboxylic acids is 1. The van der Waals surface area contributed by atoms with Gasteiger partial charge in [-0.3, -0.25) is 4.79 Å². The van der Waals surface area contributed by atoms with Crippen molar-refractivity contribution in [1.82, 2.24) is 0 Å². The highest BCUT2D eigenvalue weighted by Crippen LogP contribution is 2.45. The van der Waals surface area contributed by atoms with Gasteiger partial charge >= 0.3 is 0 Å². The molecular formula is C19H21NOS2. The first kappa shape index (κ1) is 16.5. The molecule has 23 heavy (non-hydrogen) atoms. The summed E-state index contributed by atoms with van der Waals surface area (Å²) in [4.78, 5) is 12.5. The van der Waals surface area contributed by atoms with Crippen molar-refractivity contribution in [3.63, 3.8) is 0 Å². The van der Waals surface area contributed by atoms with Crippen molar-refractivity contribution in [2.75, 3.05) is 16.8 Å². The van der Waals surface area contributed by atoms with Crippen LogP contribution in [-0.4, -0.2) is 17.4 Å². The third kappa shape index (κ3) is 3.93. The predicted molar refractivity (Wildman–Crippen MR) is 103 cm³/mol. The number of para-hydroxylation sites is 1. The molecule has 2 nitrogen and oxygen atoms in total. The summed E-state index contributed by atoms with van der Waals surface area (Å²) in [5, 5.41) is 3.05. The number of hydrogen-bond donors (Lipinski definition) is 1. The molecule has 1 amide bonds. The van der Waals surface area contributed by atoms with Crippen molar-refractivity contribution in [2.45, 2.75) is 24.3 Å². The molecule has 0 saturated carbocycles. The highest BCUT2D eigenvalue weighted by molar-refractivity contribution is 8.19. The van der Waals surface area contributed by atoms with Gasteiger partial charge in [0.05, 0.1) is 4.58 Å². The quantitative estimate of drug-likeness (QED) is 0.790. The van der Waals surface area contributed by atoms with Crippen molar-refractivity contribution in [1.29, 1.82) is 0 Å². The zero-order valence-electron chi connectivity index (χ0n) is 13.4. The molecule has 120 valence electrons. The minimum absolute atomic E-state index is 0.0450. The van der Waals surface area contributed by atoms with Gasteiger partial charge in [0.1, 0.15) is 0 Å². The van der Waals surface area contributed by atoms with Gasteiger partial charge in [-0.1, -0.05) is 44.2 Å². The fourth-order valence-corrected chi connectivity index (χ4v) is 5.51. The Hall–Kier alpha value is -1.39. The number of nitrogens with one attached hydrogen (secondary N) is 1. The number of hydrogen-bond acceptors (Lipinski definition) is 3. The average Bonchev–Trinajstić information content (AvgIpc) is 3.10. The Labute approximate surface area is 146 Å². The maximum absolute atomic E-state index is 12.5. The van der Waals surface area contributed by atoms with E-state index in [4.69, 9.17) is 0 Å². The Balaban J connectivity index is 1.73. The van der Waals surface area contributed by atoms with Crippen LogP contribution in [0, 0.1) is 0 Å². The van der Waals surface area contributed by atoms with Crippen LogP contribution in [-0.2, 0) is 0 Å². The largest absolute Gasteiger partial charge is 0.322 e. The van der Waals surface area contributed by atoms with E-state index in [1.165, 1.54) is 17.1 Å². The van der Waals surface area contributed by atoms with Crippen LogP contribution in [0.3, 0.4) is 0 Å². The molecule has 1 N–H and O–H groups in total. The summed E-state index contributed by atoms with van der Waals surface area (Å²) in [6.07, 6.45) is 0. The first-order valence-electron chi connectivity index (χ1n) is 7.88. The van der Waals surface area contributed by atoms with Gasteiger partial charge in [0.25, 0.3) is 5.91 Å². The van der Waals surface area contributed by atoms with Gasteiger partial charge in [-0.25, -0.2) is 0 Å². The summed E-state index contributed by atoms with van der Waals surface area (Å²) in [6.45, 7) is 4.27. The van der Waals surface area contributed by atoms with Crippen LogP contribution < -0.4 is 5.32 Å². The molecule has 4 heteroatoms. The normalized spacial score (nSPS) is 15.1. The molecule has 2 aromatic rings. The molecule has 2 aromatic carbocycles. The molecule has 3 rings (SSSR count). The topological polar surface area (TPSA) is 29.1 Å². The van der Waals surface area contributed by atoms with E-state index in [0.717, 1.165) is 11.3 Å². The van der Waals surface area contributed by atoms with Crippen molar-refractivity contribution in [2.24, 2.45) is 0 Å². The molecule has 0 spiro atoms. The fourth-order valence-electron chi connectivity index (χ4n) is 2.65. The van der Waals surface area contributed by atoms with Crippen LogP contribution in [0.15, 0.2) is 48.5 Å². The van der Waals surface area contributed by atoms with E-state index < -0.39 is 0 Å². The zero-order valence-corrected chi connectivity index (χ0v) is 15.0. The highest BCUT2D eigenvalue weighted by atomic mass is 32.2. The Morgan fingerprint density at radius 3 is 2.35 bits per heavy atom. The van der Waals surface area contributed by atoms with Crippen molar-refractivity contribution < 1.29 is 4.79 Å². The van der Waals surface area contributed by atoms with E-state index in [0.29, 0.717) is 16.1 Å². The minimum atomic E-state index is -0.0450. The van der Waals surface area contributed by atoms with E-state index >= 15 is 0 Å². The van der Waals surface area contributed by atoms with E-state index in [-0.39, 0.29) is 5.91 Å². The number of carbonyl (C=O) groups is 1.